The molecule has 0 aromatic heterocycles. The van der Waals surface area contributed by atoms with Gasteiger partial charge in [0.2, 0.25) is 0 Å². The first-order valence-corrected chi connectivity index (χ1v) is 10.5. The summed E-state index contributed by atoms with van der Waals surface area (Å²) >= 11 is 5.98. The van der Waals surface area contributed by atoms with Crippen molar-refractivity contribution >= 4 is 17.5 Å². The molecule has 0 saturated carbocycles. The van der Waals surface area contributed by atoms with Crippen LogP contribution in [0.5, 0.6) is 5.75 Å². The molecule has 2 heterocycles. The van der Waals surface area contributed by atoms with Crippen molar-refractivity contribution in [3.8, 4) is 5.75 Å². The van der Waals surface area contributed by atoms with Crippen LogP contribution in [-0.2, 0) is 22.6 Å². The van der Waals surface area contributed by atoms with Gasteiger partial charge in [0, 0.05) is 37.7 Å². The van der Waals surface area contributed by atoms with Gasteiger partial charge in [-0.05, 0) is 48.2 Å². The van der Waals surface area contributed by atoms with Crippen molar-refractivity contribution in [2.45, 2.75) is 31.5 Å². The number of likely N-dealkylation sites (tertiary alicyclic amines) is 1. The molecule has 2 aromatic carbocycles. The van der Waals surface area contributed by atoms with E-state index in [4.69, 9.17) is 21.1 Å². The fourth-order valence-corrected chi connectivity index (χ4v) is 4.35. The smallest absolute Gasteiger partial charge is 0.255 e. The molecule has 2 aliphatic heterocycles. The zero-order valence-corrected chi connectivity index (χ0v) is 17.5. The lowest BCUT2D eigenvalue weighted by Gasteiger charge is -2.46. The summed E-state index contributed by atoms with van der Waals surface area (Å²) in [5.41, 5.74) is 1.64. The minimum absolute atomic E-state index is 0.123. The van der Waals surface area contributed by atoms with Gasteiger partial charge in [0.15, 0.2) is 0 Å². The molecule has 4 rings (SSSR count). The molecule has 6 heteroatoms. The maximum Gasteiger partial charge on any atom is 0.255 e. The Balaban J connectivity index is 1.38. The molecule has 2 fully saturated rings. The van der Waals surface area contributed by atoms with Gasteiger partial charge in [-0.2, -0.15) is 0 Å². The minimum atomic E-state index is -0.673. The second-order valence-corrected chi connectivity index (χ2v) is 8.26. The van der Waals surface area contributed by atoms with Crippen molar-refractivity contribution < 1.29 is 14.3 Å². The second kappa shape index (κ2) is 8.74. The summed E-state index contributed by atoms with van der Waals surface area (Å²) in [5, 5.41) is 0.753. The van der Waals surface area contributed by atoms with Crippen LogP contribution in [0.15, 0.2) is 48.5 Å². The molecule has 154 valence electrons. The number of hydrogen-bond acceptors (Lipinski definition) is 4. The number of halogens is 1. The highest BCUT2D eigenvalue weighted by Gasteiger charge is 2.47. The number of amides is 1. The molecule has 2 saturated heterocycles. The third-order valence-electron chi connectivity index (χ3n) is 5.91. The summed E-state index contributed by atoms with van der Waals surface area (Å²) in [6, 6.07) is 15.9. The largest absolute Gasteiger partial charge is 0.497 e. The Morgan fingerprint density at radius 2 is 1.79 bits per heavy atom. The lowest BCUT2D eigenvalue weighted by atomic mass is 9.88. The predicted octanol–water partition coefficient (Wildman–Crippen LogP) is 3.74. The van der Waals surface area contributed by atoms with E-state index < -0.39 is 5.60 Å². The SMILES string of the molecule is COc1cccc(CN2CCOC3(CCN(Cc4ccc(Cl)cc4)CC3)C2=O)c1. The maximum absolute atomic E-state index is 13.3. The van der Waals surface area contributed by atoms with Crippen LogP contribution in [0.4, 0.5) is 0 Å². The fraction of sp³-hybridized carbons (Fsp3) is 0.435. The van der Waals surface area contributed by atoms with E-state index in [0.717, 1.165) is 48.8 Å². The van der Waals surface area contributed by atoms with Crippen molar-refractivity contribution in [1.29, 1.82) is 0 Å². The van der Waals surface area contributed by atoms with E-state index in [9.17, 15) is 4.79 Å². The number of methoxy groups -OCH3 is 1. The van der Waals surface area contributed by atoms with Gasteiger partial charge in [-0.3, -0.25) is 9.69 Å². The maximum atomic E-state index is 13.3. The van der Waals surface area contributed by atoms with E-state index in [1.807, 2.05) is 41.3 Å². The molecule has 1 amide bonds. The number of carbonyl (C=O) groups is 1. The average Bonchev–Trinajstić information content (AvgIpc) is 2.75. The van der Waals surface area contributed by atoms with Crippen LogP contribution >= 0.6 is 11.6 Å². The van der Waals surface area contributed by atoms with Crippen molar-refractivity contribution in [2.24, 2.45) is 0 Å². The summed E-state index contributed by atoms with van der Waals surface area (Å²) < 4.78 is 11.4. The zero-order valence-electron chi connectivity index (χ0n) is 16.8. The highest BCUT2D eigenvalue weighted by molar-refractivity contribution is 6.30. The van der Waals surface area contributed by atoms with E-state index in [0.29, 0.717) is 19.7 Å². The number of piperidine rings is 1. The normalized spacial score (nSPS) is 19.5. The van der Waals surface area contributed by atoms with E-state index in [1.165, 1.54) is 5.56 Å². The topological polar surface area (TPSA) is 42.0 Å². The Bertz CT molecular complexity index is 847. The molecule has 1 spiro atoms. The molecule has 0 bridgehead atoms. The van der Waals surface area contributed by atoms with Gasteiger partial charge >= 0.3 is 0 Å². The Labute approximate surface area is 177 Å². The molecule has 0 radical (unpaired) electrons. The van der Waals surface area contributed by atoms with Crippen LogP contribution in [0.25, 0.3) is 0 Å². The summed E-state index contributed by atoms with van der Waals surface area (Å²) in [5.74, 6) is 0.936. The van der Waals surface area contributed by atoms with Gasteiger partial charge in [0.05, 0.1) is 13.7 Å². The summed E-state index contributed by atoms with van der Waals surface area (Å²) in [6.45, 7) is 4.38. The molecule has 0 unspecified atom stereocenters. The van der Waals surface area contributed by atoms with Crippen molar-refractivity contribution in [1.82, 2.24) is 9.80 Å². The third kappa shape index (κ3) is 4.58. The van der Waals surface area contributed by atoms with Gasteiger partial charge in [-0.25, -0.2) is 0 Å². The molecule has 29 heavy (non-hydrogen) atoms. The Hall–Kier alpha value is -2.08. The molecule has 0 aliphatic carbocycles. The number of rotatable bonds is 5. The lowest BCUT2D eigenvalue weighted by molar-refractivity contribution is -0.180. The Kier molecular flexibility index (Phi) is 6.09. The quantitative estimate of drug-likeness (QED) is 0.747. The van der Waals surface area contributed by atoms with Crippen LogP contribution in [0.1, 0.15) is 24.0 Å². The number of benzene rings is 2. The first kappa shape index (κ1) is 20.2. The summed E-state index contributed by atoms with van der Waals surface area (Å²) in [4.78, 5) is 17.6. The van der Waals surface area contributed by atoms with Crippen LogP contribution in [0, 0.1) is 0 Å². The number of carbonyl (C=O) groups excluding carboxylic acids is 1. The van der Waals surface area contributed by atoms with E-state index >= 15 is 0 Å². The molecule has 0 atom stereocenters. The molecular formula is C23H27ClN2O3. The van der Waals surface area contributed by atoms with Gasteiger partial charge < -0.3 is 14.4 Å². The van der Waals surface area contributed by atoms with Crippen LogP contribution in [-0.4, -0.2) is 54.7 Å². The number of morpholine rings is 1. The Morgan fingerprint density at radius 3 is 2.52 bits per heavy atom. The lowest BCUT2D eigenvalue weighted by Crippen LogP contribution is -2.60. The monoisotopic (exact) mass is 414 g/mol. The summed E-state index contributed by atoms with van der Waals surface area (Å²) in [6.07, 6.45) is 1.46. The van der Waals surface area contributed by atoms with Crippen molar-refractivity contribution in [3.63, 3.8) is 0 Å². The van der Waals surface area contributed by atoms with Crippen molar-refractivity contribution in [2.75, 3.05) is 33.4 Å². The number of nitrogens with zero attached hydrogens (tertiary/aromatic N) is 2. The van der Waals surface area contributed by atoms with Gasteiger partial charge in [0.25, 0.3) is 5.91 Å². The third-order valence-corrected chi connectivity index (χ3v) is 6.16. The van der Waals surface area contributed by atoms with Gasteiger partial charge in [-0.15, -0.1) is 0 Å². The standard InChI is InChI=1S/C23H27ClN2O3/c1-28-21-4-2-3-19(15-21)17-26-13-14-29-23(22(26)27)9-11-25(12-10-23)16-18-5-7-20(24)8-6-18/h2-8,15H,9-14,16-17H2,1H3. The van der Waals surface area contributed by atoms with Gasteiger partial charge in [-0.1, -0.05) is 35.9 Å². The predicted molar refractivity (Wildman–Crippen MR) is 113 cm³/mol. The van der Waals surface area contributed by atoms with Crippen LogP contribution in [0.3, 0.4) is 0 Å². The van der Waals surface area contributed by atoms with Crippen LogP contribution < -0.4 is 4.74 Å². The zero-order chi connectivity index (χ0) is 20.3. The highest BCUT2D eigenvalue weighted by Crippen LogP contribution is 2.32. The fourth-order valence-electron chi connectivity index (χ4n) is 4.22. The first-order chi connectivity index (χ1) is 14.1. The van der Waals surface area contributed by atoms with E-state index in [2.05, 4.69) is 17.0 Å². The number of ether oxygens (including phenoxy) is 2. The molecule has 5 nitrogen and oxygen atoms in total. The molecule has 2 aliphatic rings. The molecular weight excluding hydrogens is 388 g/mol. The van der Waals surface area contributed by atoms with Gasteiger partial charge in [0.1, 0.15) is 11.4 Å². The second-order valence-electron chi connectivity index (χ2n) is 7.82. The summed E-state index contributed by atoms with van der Waals surface area (Å²) in [7, 11) is 1.66. The van der Waals surface area contributed by atoms with Crippen LogP contribution in [0.2, 0.25) is 5.02 Å². The molecule has 2 aromatic rings. The Morgan fingerprint density at radius 1 is 1.03 bits per heavy atom. The highest BCUT2D eigenvalue weighted by atomic mass is 35.5. The molecule has 0 N–H and O–H groups in total. The minimum Gasteiger partial charge on any atom is -0.497 e. The number of hydrogen-bond donors (Lipinski definition) is 0. The first-order valence-electron chi connectivity index (χ1n) is 10.1. The van der Waals surface area contributed by atoms with E-state index in [1.54, 1.807) is 7.11 Å². The van der Waals surface area contributed by atoms with Crippen molar-refractivity contribution in [3.05, 3.63) is 64.7 Å². The van der Waals surface area contributed by atoms with E-state index in [-0.39, 0.29) is 5.91 Å². The average molecular weight is 415 g/mol.